The Hall–Kier alpha value is -1.81. The number of nitrogens with zero attached hydrogens (tertiary/aromatic N) is 3. The van der Waals surface area contributed by atoms with Crippen LogP contribution in [0.25, 0.3) is 0 Å². The van der Waals surface area contributed by atoms with Gasteiger partial charge in [0.1, 0.15) is 0 Å². The van der Waals surface area contributed by atoms with E-state index in [0.29, 0.717) is 18.7 Å². The number of methoxy groups -OCH3 is 1. The molecule has 0 aliphatic heterocycles. The van der Waals surface area contributed by atoms with Crippen molar-refractivity contribution < 1.29 is 9.84 Å². The number of nitriles is 1. The Kier molecular flexibility index (Phi) is 5.81. The van der Waals surface area contributed by atoms with Gasteiger partial charge in [-0.2, -0.15) is 5.26 Å². The number of rotatable bonds is 7. The first-order valence-electron chi connectivity index (χ1n) is 6.54. The summed E-state index contributed by atoms with van der Waals surface area (Å²) in [5.41, 5.74) is 2.58. The fraction of sp³-hybridized carbons (Fsp3) is 0.333. The average molecular weight is 303 g/mol. The smallest absolute Gasteiger partial charge is 0.168 e. The van der Waals surface area contributed by atoms with Gasteiger partial charge in [-0.1, -0.05) is 23.9 Å². The number of aromatic nitrogens is 2. The van der Waals surface area contributed by atoms with Gasteiger partial charge in [-0.25, -0.2) is 4.98 Å². The van der Waals surface area contributed by atoms with E-state index in [4.69, 9.17) is 10.00 Å². The van der Waals surface area contributed by atoms with Crippen LogP contribution in [0.15, 0.2) is 35.6 Å². The minimum Gasteiger partial charge on any atom is -0.390 e. The SMILES string of the molecule is COCCn1c(CO)cnc1SCc1ccc(C#N)cc1. The standard InChI is InChI=1S/C15H17N3O2S/c1-20-7-6-18-14(10-19)9-17-15(18)21-11-13-4-2-12(8-16)3-5-13/h2-5,9,19H,6-7,10-11H2,1H3. The van der Waals surface area contributed by atoms with E-state index >= 15 is 0 Å². The fourth-order valence-corrected chi connectivity index (χ4v) is 2.86. The summed E-state index contributed by atoms with van der Waals surface area (Å²) in [6, 6.07) is 9.62. The lowest BCUT2D eigenvalue weighted by molar-refractivity contribution is 0.180. The predicted molar refractivity (Wildman–Crippen MR) is 80.7 cm³/mol. The maximum atomic E-state index is 9.33. The zero-order chi connectivity index (χ0) is 15.1. The molecular weight excluding hydrogens is 286 g/mol. The van der Waals surface area contributed by atoms with Crippen molar-refractivity contribution >= 4 is 11.8 Å². The number of aliphatic hydroxyl groups is 1. The number of ether oxygens (including phenoxy) is 1. The van der Waals surface area contributed by atoms with Gasteiger partial charge >= 0.3 is 0 Å². The van der Waals surface area contributed by atoms with Crippen LogP contribution in [0.3, 0.4) is 0 Å². The van der Waals surface area contributed by atoms with Gasteiger partial charge in [-0.05, 0) is 17.7 Å². The summed E-state index contributed by atoms with van der Waals surface area (Å²) in [7, 11) is 1.65. The number of thioether (sulfide) groups is 1. The van der Waals surface area contributed by atoms with Crippen molar-refractivity contribution in [2.45, 2.75) is 24.1 Å². The molecule has 0 atom stereocenters. The Morgan fingerprint density at radius 1 is 1.38 bits per heavy atom. The highest BCUT2D eigenvalue weighted by Gasteiger charge is 2.10. The highest BCUT2D eigenvalue weighted by molar-refractivity contribution is 7.98. The number of imidazole rings is 1. The number of hydrogen-bond acceptors (Lipinski definition) is 5. The average Bonchev–Trinajstić information content (AvgIpc) is 2.93. The molecule has 0 unspecified atom stereocenters. The molecule has 2 aromatic rings. The van der Waals surface area contributed by atoms with Crippen LogP contribution in [-0.4, -0.2) is 28.4 Å². The van der Waals surface area contributed by atoms with Crippen LogP contribution in [0, 0.1) is 11.3 Å². The fourth-order valence-electron chi connectivity index (χ4n) is 1.88. The Morgan fingerprint density at radius 3 is 2.76 bits per heavy atom. The Morgan fingerprint density at radius 2 is 2.14 bits per heavy atom. The molecule has 0 radical (unpaired) electrons. The van der Waals surface area contributed by atoms with Gasteiger partial charge in [-0.15, -0.1) is 0 Å². The maximum Gasteiger partial charge on any atom is 0.168 e. The van der Waals surface area contributed by atoms with Crippen molar-refractivity contribution in [3.8, 4) is 6.07 Å². The van der Waals surface area contributed by atoms with E-state index in [9.17, 15) is 5.11 Å². The minimum absolute atomic E-state index is 0.0336. The summed E-state index contributed by atoms with van der Waals surface area (Å²) in [6.07, 6.45) is 1.69. The molecule has 1 heterocycles. The van der Waals surface area contributed by atoms with Crippen molar-refractivity contribution in [1.82, 2.24) is 9.55 Å². The van der Waals surface area contributed by atoms with E-state index < -0.39 is 0 Å². The summed E-state index contributed by atoms with van der Waals surface area (Å²) in [6.45, 7) is 1.21. The van der Waals surface area contributed by atoms with Crippen LogP contribution < -0.4 is 0 Å². The predicted octanol–water partition coefficient (Wildman–Crippen LogP) is 2.19. The van der Waals surface area contributed by atoms with E-state index in [-0.39, 0.29) is 6.61 Å². The molecular formula is C15H17N3O2S. The zero-order valence-electron chi connectivity index (χ0n) is 11.8. The van der Waals surface area contributed by atoms with Crippen molar-refractivity contribution in [2.75, 3.05) is 13.7 Å². The van der Waals surface area contributed by atoms with Crippen molar-refractivity contribution in [1.29, 1.82) is 5.26 Å². The third-order valence-corrected chi connectivity index (χ3v) is 4.10. The highest BCUT2D eigenvalue weighted by Crippen LogP contribution is 2.23. The molecule has 0 saturated heterocycles. The normalized spacial score (nSPS) is 10.5. The molecule has 5 nitrogen and oxygen atoms in total. The van der Waals surface area contributed by atoms with E-state index in [1.54, 1.807) is 25.1 Å². The molecule has 1 N–H and O–H groups in total. The molecule has 0 aliphatic carbocycles. The molecule has 0 fully saturated rings. The lowest BCUT2D eigenvalue weighted by atomic mass is 10.2. The quantitative estimate of drug-likeness (QED) is 0.794. The number of hydrogen-bond donors (Lipinski definition) is 1. The van der Waals surface area contributed by atoms with E-state index in [0.717, 1.165) is 22.2 Å². The molecule has 1 aromatic carbocycles. The first kappa shape index (κ1) is 15.6. The minimum atomic E-state index is -0.0336. The second-order valence-electron chi connectivity index (χ2n) is 4.43. The van der Waals surface area contributed by atoms with Crippen LogP contribution >= 0.6 is 11.8 Å². The molecule has 1 aromatic heterocycles. The lowest BCUT2D eigenvalue weighted by Crippen LogP contribution is -2.09. The molecule has 110 valence electrons. The van der Waals surface area contributed by atoms with Crippen LogP contribution in [0.1, 0.15) is 16.8 Å². The zero-order valence-corrected chi connectivity index (χ0v) is 12.6. The second kappa shape index (κ2) is 7.84. The Balaban J connectivity index is 2.04. The largest absolute Gasteiger partial charge is 0.390 e. The van der Waals surface area contributed by atoms with E-state index in [1.807, 2.05) is 28.8 Å². The molecule has 0 saturated carbocycles. The van der Waals surface area contributed by atoms with Crippen LogP contribution in [0.4, 0.5) is 0 Å². The van der Waals surface area contributed by atoms with Gasteiger partial charge in [0.15, 0.2) is 5.16 Å². The first-order chi connectivity index (χ1) is 10.3. The number of aliphatic hydroxyl groups excluding tert-OH is 1. The first-order valence-corrected chi connectivity index (χ1v) is 7.53. The Bertz CT molecular complexity index is 617. The highest BCUT2D eigenvalue weighted by atomic mass is 32.2. The van der Waals surface area contributed by atoms with Gasteiger partial charge in [0.2, 0.25) is 0 Å². The topological polar surface area (TPSA) is 71.1 Å². The molecule has 0 spiro atoms. The summed E-state index contributed by atoms with van der Waals surface area (Å²) < 4.78 is 7.06. The van der Waals surface area contributed by atoms with Gasteiger partial charge in [0.25, 0.3) is 0 Å². The molecule has 6 heteroatoms. The molecule has 2 rings (SSSR count). The third-order valence-electron chi connectivity index (χ3n) is 3.03. The van der Waals surface area contributed by atoms with Gasteiger partial charge in [0, 0.05) is 19.4 Å². The van der Waals surface area contributed by atoms with Crippen molar-refractivity contribution in [3.05, 3.63) is 47.3 Å². The molecule has 0 amide bonds. The second-order valence-corrected chi connectivity index (χ2v) is 5.37. The van der Waals surface area contributed by atoms with Gasteiger partial charge < -0.3 is 14.4 Å². The van der Waals surface area contributed by atoms with E-state index in [2.05, 4.69) is 11.1 Å². The van der Waals surface area contributed by atoms with Gasteiger partial charge in [0.05, 0.1) is 36.7 Å². The summed E-state index contributed by atoms with van der Waals surface area (Å²) in [4.78, 5) is 4.35. The Labute approximate surface area is 128 Å². The third kappa shape index (κ3) is 4.08. The van der Waals surface area contributed by atoms with Crippen molar-refractivity contribution in [2.24, 2.45) is 0 Å². The van der Waals surface area contributed by atoms with Crippen LogP contribution in [0.2, 0.25) is 0 Å². The molecule has 0 bridgehead atoms. The molecule has 0 aliphatic rings. The van der Waals surface area contributed by atoms with E-state index in [1.165, 1.54) is 0 Å². The maximum absolute atomic E-state index is 9.33. The van der Waals surface area contributed by atoms with Crippen LogP contribution in [0.5, 0.6) is 0 Å². The summed E-state index contributed by atoms with van der Waals surface area (Å²) in [5.74, 6) is 0.764. The molecule has 21 heavy (non-hydrogen) atoms. The summed E-state index contributed by atoms with van der Waals surface area (Å²) in [5, 5.41) is 19.0. The number of benzene rings is 1. The van der Waals surface area contributed by atoms with Crippen molar-refractivity contribution in [3.63, 3.8) is 0 Å². The van der Waals surface area contributed by atoms with Crippen LogP contribution in [-0.2, 0) is 23.6 Å². The summed E-state index contributed by atoms with van der Waals surface area (Å²) >= 11 is 1.60. The monoisotopic (exact) mass is 303 g/mol. The lowest BCUT2D eigenvalue weighted by Gasteiger charge is -2.10. The van der Waals surface area contributed by atoms with Gasteiger partial charge in [-0.3, -0.25) is 0 Å².